The maximum atomic E-state index is 13.0. The number of nitrogens with one attached hydrogen (secondary N) is 1. The number of ether oxygens (including phenoxy) is 1. The lowest BCUT2D eigenvalue weighted by molar-refractivity contribution is -0.0304. The molecule has 1 aliphatic rings. The molecule has 1 fully saturated rings. The Labute approximate surface area is 93.6 Å². The van der Waals surface area contributed by atoms with Gasteiger partial charge in [-0.3, -0.25) is 0 Å². The molecule has 1 aromatic rings. The number of hydrogen-bond acceptors (Lipinski definition) is 2. The van der Waals surface area contributed by atoms with Crippen LogP contribution in [0.5, 0.6) is 5.75 Å². The summed E-state index contributed by atoms with van der Waals surface area (Å²) in [5, 5.41) is 2.87. The zero-order valence-corrected chi connectivity index (χ0v) is 9.17. The highest BCUT2D eigenvalue weighted by Crippen LogP contribution is 2.34. The van der Waals surface area contributed by atoms with Gasteiger partial charge >= 0.3 is 0 Å². The van der Waals surface area contributed by atoms with E-state index >= 15 is 0 Å². The SMILES string of the molecule is COc1ccccc1C1CCC(F)(F)CN1. The Morgan fingerprint density at radius 1 is 1.38 bits per heavy atom. The molecule has 0 saturated carbocycles. The lowest BCUT2D eigenvalue weighted by Gasteiger charge is -2.30. The summed E-state index contributed by atoms with van der Waals surface area (Å²) in [5.74, 6) is -1.82. The van der Waals surface area contributed by atoms with E-state index in [4.69, 9.17) is 4.74 Å². The van der Waals surface area contributed by atoms with E-state index in [2.05, 4.69) is 5.32 Å². The van der Waals surface area contributed by atoms with Crippen molar-refractivity contribution in [2.75, 3.05) is 13.7 Å². The van der Waals surface area contributed by atoms with Crippen LogP contribution in [0.4, 0.5) is 8.78 Å². The molecule has 16 heavy (non-hydrogen) atoms. The van der Waals surface area contributed by atoms with Crippen LogP contribution in [0.15, 0.2) is 24.3 Å². The van der Waals surface area contributed by atoms with Crippen molar-refractivity contribution in [3.05, 3.63) is 29.8 Å². The highest BCUT2D eigenvalue weighted by atomic mass is 19.3. The van der Waals surface area contributed by atoms with E-state index in [0.717, 1.165) is 11.3 Å². The Balaban J connectivity index is 2.14. The molecule has 1 saturated heterocycles. The van der Waals surface area contributed by atoms with Crippen molar-refractivity contribution in [3.63, 3.8) is 0 Å². The lowest BCUT2D eigenvalue weighted by atomic mass is 9.95. The van der Waals surface area contributed by atoms with Crippen LogP contribution >= 0.6 is 0 Å². The minimum atomic E-state index is -2.57. The van der Waals surface area contributed by atoms with Gasteiger partial charge in [-0.15, -0.1) is 0 Å². The van der Waals surface area contributed by atoms with Gasteiger partial charge in [0.15, 0.2) is 0 Å². The van der Waals surface area contributed by atoms with E-state index in [1.54, 1.807) is 7.11 Å². The molecule has 0 bridgehead atoms. The first kappa shape index (κ1) is 11.3. The van der Waals surface area contributed by atoms with E-state index in [-0.39, 0.29) is 19.0 Å². The van der Waals surface area contributed by atoms with Gasteiger partial charge in [0.1, 0.15) is 5.75 Å². The number of piperidine rings is 1. The van der Waals surface area contributed by atoms with Gasteiger partial charge in [-0.25, -0.2) is 8.78 Å². The van der Waals surface area contributed by atoms with E-state index in [9.17, 15) is 8.78 Å². The molecule has 0 spiro atoms. The van der Waals surface area contributed by atoms with E-state index in [0.29, 0.717) is 6.42 Å². The van der Waals surface area contributed by atoms with E-state index < -0.39 is 5.92 Å². The molecule has 1 unspecified atom stereocenters. The summed E-state index contributed by atoms with van der Waals surface area (Å²) in [7, 11) is 1.59. The Morgan fingerprint density at radius 2 is 2.12 bits per heavy atom. The van der Waals surface area contributed by atoms with Crippen LogP contribution in [-0.4, -0.2) is 19.6 Å². The number of halogens is 2. The largest absolute Gasteiger partial charge is 0.496 e. The molecule has 2 rings (SSSR count). The molecule has 0 aliphatic carbocycles. The van der Waals surface area contributed by atoms with Gasteiger partial charge in [0, 0.05) is 18.0 Å². The Kier molecular flexibility index (Phi) is 3.10. The molecule has 1 atom stereocenters. The maximum absolute atomic E-state index is 13.0. The number of rotatable bonds is 2. The zero-order chi connectivity index (χ0) is 11.6. The van der Waals surface area contributed by atoms with Crippen LogP contribution in [0.1, 0.15) is 24.4 Å². The highest BCUT2D eigenvalue weighted by Gasteiger charge is 2.35. The van der Waals surface area contributed by atoms with Crippen molar-refractivity contribution in [1.82, 2.24) is 5.32 Å². The van der Waals surface area contributed by atoms with Crippen molar-refractivity contribution in [1.29, 1.82) is 0 Å². The number of alkyl halides is 2. The first-order chi connectivity index (χ1) is 7.62. The number of para-hydroxylation sites is 1. The van der Waals surface area contributed by atoms with Crippen LogP contribution in [0.3, 0.4) is 0 Å². The third-order valence-electron chi connectivity index (χ3n) is 2.92. The quantitative estimate of drug-likeness (QED) is 0.838. The monoisotopic (exact) mass is 227 g/mol. The van der Waals surface area contributed by atoms with Crippen LogP contribution in [0.2, 0.25) is 0 Å². The van der Waals surface area contributed by atoms with E-state index in [1.807, 2.05) is 24.3 Å². The summed E-state index contributed by atoms with van der Waals surface area (Å²) in [6.07, 6.45) is 0.371. The molecule has 88 valence electrons. The standard InChI is InChI=1S/C12H15F2NO/c1-16-11-5-3-2-4-9(11)10-6-7-12(13,14)8-15-10/h2-5,10,15H,6-8H2,1H3. The predicted molar refractivity (Wildman–Crippen MR) is 57.9 cm³/mol. The van der Waals surface area contributed by atoms with Gasteiger partial charge in [0.25, 0.3) is 5.92 Å². The second kappa shape index (κ2) is 4.37. The van der Waals surface area contributed by atoms with Gasteiger partial charge in [0.05, 0.1) is 13.7 Å². The van der Waals surface area contributed by atoms with Crippen molar-refractivity contribution < 1.29 is 13.5 Å². The second-order valence-electron chi connectivity index (χ2n) is 4.07. The van der Waals surface area contributed by atoms with Crippen LogP contribution in [0, 0.1) is 0 Å². The van der Waals surface area contributed by atoms with Crippen molar-refractivity contribution in [2.45, 2.75) is 24.8 Å². The molecule has 1 heterocycles. The third kappa shape index (κ3) is 2.32. The topological polar surface area (TPSA) is 21.3 Å². The normalized spacial score (nSPS) is 24.1. The maximum Gasteiger partial charge on any atom is 0.260 e. The fourth-order valence-electron chi connectivity index (χ4n) is 2.04. The Morgan fingerprint density at radius 3 is 2.75 bits per heavy atom. The lowest BCUT2D eigenvalue weighted by Crippen LogP contribution is -2.40. The van der Waals surface area contributed by atoms with Gasteiger partial charge in [-0.05, 0) is 12.5 Å². The zero-order valence-electron chi connectivity index (χ0n) is 9.17. The minimum Gasteiger partial charge on any atom is -0.496 e. The number of hydrogen-bond donors (Lipinski definition) is 1. The molecule has 1 aliphatic heterocycles. The van der Waals surface area contributed by atoms with Gasteiger partial charge in [-0.2, -0.15) is 0 Å². The molecule has 4 heteroatoms. The van der Waals surface area contributed by atoms with Crippen molar-refractivity contribution in [3.8, 4) is 5.75 Å². The van der Waals surface area contributed by atoms with Gasteiger partial charge < -0.3 is 10.1 Å². The molecule has 1 N–H and O–H groups in total. The average molecular weight is 227 g/mol. The summed E-state index contributed by atoms with van der Waals surface area (Å²) >= 11 is 0. The molecule has 0 amide bonds. The second-order valence-corrected chi connectivity index (χ2v) is 4.07. The molecule has 2 nitrogen and oxygen atoms in total. The average Bonchev–Trinajstić information content (AvgIpc) is 2.29. The van der Waals surface area contributed by atoms with Gasteiger partial charge in [0.2, 0.25) is 0 Å². The number of methoxy groups -OCH3 is 1. The fourth-order valence-corrected chi connectivity index (χ4v) is 2.04. The van der Waals surface area contributed by atoms with Crippen LogP contribution in [-0.2, 0) is 0 Å². The van der Waals surface area contributed by atoms with Crippen LogP contribution in [0.25, 0.3) is 0 Å². The Bertz CT molecular complexity index is 358. The molecular formula is C12H15F2NO. The molecule has 0 radical (unpaired) electrons. The molecule has 1 aromatic carbocycles. The summed E-state index contributed by atoms with van der Waals surface area (Å²) < 4.78 is 31.2. The fraction of sp³-hybridized carbons (Fsp3) is 0.500. The Hall–Kier alpha value is -1.16. The van der Waals surface area contributed by atoms with E-state index in [1.165, 1.54) is 0 Å². The smallest absolute Gasteiger partial charge is 0.260 e. The summed E-state index contributed by atoms with van der Waals surface area (Å²) in [4.78, 5) is 0. The molecular weight excluding hydrogens is 212 g/mol. The summed E-state index contributed by atoms with van der Waals surface area (Å²) in [6, 6.07) is 7.51. The first-order valence-corrected chi connectivity index (χ1v) is 5.36. The highest BCUT2D eigenvalue weighted by molar-refractivity contribution is 5.36. The summed E-state index contributed by atoms with van der Waals surface area (Å²) in [6.45, 7) is -0.254. The summed E-state index contributed by atoms with van der Waals surface area (Å²) in [5.41, 5.74) is 0.959. The van der Waals surface area contributed by atoms with Crippen molar-refractivity contribution >= 4 is 0 Å². The van der Waals surface area contributed by atoms with Gasteiger partial charge in [-0.1, -0.05) is 18.2 Å². The minimum absolute atomic E-state index is 0.0317. The number of benzene rings is 1. The van der Waals surface area contributed by atoms with Crippen molar-refractivity contribution in [2.24, 2.45) is 0 Å². The van der Waals surface area contributed by atoms with Crippen LogP contribution < -0.4 is 10.1 Å². The molecule has 0 aromatic heterocycles. The third-order valence-corrected chi connectivity index (χ3v) is 2.92. The first-order valence-electron chi connectivity index (χ1n) is 5.36. The predicted octanol–water partition coefficient (Wildman–Crippen LogP) is 2.76.